The molecule has 0 aliphatic heterocycles. The fraction of sp³-hybridized carbons (Fsp3) is 0.0692. The molecule has 3 aromatic heterocycles. The molecule has 0 unspecified atom stereocenters. The number of nitrogens with zero attached hydrogens (tertiary/aromatic N) is 5. The summed E-state index contributed by atoms with van der Waals surface area (Å²) in [4.78, 5) is 25.6. The maximum absolute atomic E-state index is 5.29. The molecular formula is C130H95N5. The van der Waals surface area contributed by atoms with Crippen molar-refractivity contribution in [2.75, 3.05) is 0 Å². The average molecular weight is 1730 g/mol. The van der Waals surface area contributed by atoms with Gasteiger partial charge in [0.05, 0.1) is 34.2 Å². The minimum absolute atomic E-state index is 0.0653. The number of benzene rings is 19. The van der Waals surface area contributed by atoms with Crippen molar-refractivity contribution in [3.8, 4) is 179 Å². The van der Waals surface area contributed by atoms with Crippen LogP contribution in [0.25, 0.3) is 212 Å². The molecule has 5 heteroatoms. The second-order valence-electron chi connectivity index (χ2n) is 37.3. The Bertz CT molecular complexity index is 8200. The first kappa shape index (κ1) is 82.7. The van der Waals surface area contributed by atoms with Crippen molar-refractivity contribution in [1.29, 1.82) is 0 Å². The topological polar surface area (TPSA) is 64.5 Å². The zero-order valence-electron chi connectivity index (χ0n) is 76.2. The summed E-state index contributed by atoms with van der Waals surface area (Å²) in [7, 11) is 0. The number of pyridine rings is 1. The average Bonchev–Trinajstić information content (AvgIpc) is 1.57. The summed E-state index contributed by atoms with van der Waals surface area (Å²) in [5.74, 6) is 1.45. The Labute approximate surface area is 789 Å². The van der Waals surface area contributed by atoms with E-state index in [1.165, 1.54) is 149 Å². The van der Waals surface area contributed by atoms with Gasteiger partial charge in [-0.3, -0.25) is 0 Å². The van der Waals surface area contributed by atoms with E-state index in [0.717, 1.165) is 95.9 Å². The Morgan fingerprint density at radius 2 is 0.385 bits per heavy atom. The van der Waals surface area contributed by atoms with Gasteiger partial charge in [-0.1, -0.05) is 454 Å². The molecule has 3 aliphatic carbocycles. The predicted molar refractivity (Wildman–Crippen MR) is 564 cm³/mol. The van der Waals surface area contributed by atoms with Gasteiger partial charge in [0.1, 0.15) is 0 Å². The molecule has 0 fully saturated rings. The van der Waals surface area contributed by atoms with Gasteiger partial charge in [-0.15, -0.1) is 0 Å². The molecule has 0 atom stereocenters. The summed E-state index contributed by atoms with van der Waals surface area (Å²) < 4.78 is 0. The number of hydrogen-bond acceptors (Lipinski definition) is 5. The fourth-order valence-corrected chi connectivity index (χ4v) is 21.1. The molecule has 640 valence electrons. The van der Waals surface area contributed by atoms with Gasteiger partial charge in [0.25, 0.3) is 0 Å². The van der Waals surface area contributed by atoms with Crippen LogP contribution in [0, 0.1) is 0 Å². The first-order valence-electron chi connectivity index (χ1n) is 46.7. The van der Waals surface area contributed by atoms with Gasteiger partial charge < -0.3 is 0 Å². The Morgan fingerprint density at radius 3 is 0.756 bits per heavy atom. The van der Waals surface area contributed by atoms with Crippen LogP contribution in [-0.4, -0.2) is 24.9 Å². The molecule has 22 aromatic rings. The van der Waals surface area contributed by atoms with Crippen molar-refractivity contribution >= 4 is 32.3 Å². The summed E-state index contributed by atoms with van der Waals surface area (Å²) >= 11 is 0. The van der Waals surface area contributed by atoms with Gasteiger partial charge >= 0.3 is 0 Å². The zero-order chi connectivity index (χ0) is 90.9. The maximum Gasteiger partial charge on any atom is 0.160 e. The zero-order valence-corrected chi connectivity index (χ0v) is 76.2. The monoisotopic (exact) mass is 1730 g/mol. The van der Waals surface area contributed by atoms with Crippen LogP contribution in [0.5, 0.6) is 0 Å². The van der Waals surface area contributed by atoms with Crippen LogP contribution in [0.3, 0.4) is 0 Å². The number of fused-ring (bicyclic) bond motifs is 12. The Morgan fingerprint density at radius 1 is 0.141 bits per heavy atom. The van der Waals surface area contributed by atoms with Gasteiger partial charge in [-0.25, -0.2) is 24.9 Å². The SMILES string of the molecule is CC1(C)c2ccccc2-c2c1cc1ccccc1c2-c1ccc(-c2nc(-c3ccccc3)cc(-c3ccccc3)n2)cc1.CC1(C)c2ccccc2-c2c1cc1ccccc1c2-c1cccc(-c2cc(-c3ccc(-c4ccccc4)cc3)cc(-c3ccccc3)n2)c1.CC1(C)c2ccccc2-c2c1cc1ccccc1c2-c1cccc(-c2nc(-c3ccccc3)cc(-c3ccccc3)n2)c1. The number of hydrogen-bond donors (Lipinski definition) is 0. The highest BCUT2D eigenvalue weighted by Gasteiger charge is 2.41. The van der Waals surface area contributed by atoms with Gasteiger partial charge in [0.15, 0.2) is 11.6 Å². The van der Waals surface area contributed by atoms with E-state index >= 15 is 0 Å². The fourth-order valence-electron chi connectivity index (χ4n) is 21.1. The van der Waals surface area contributed by atoms with Gasteiger partial charge in [0.2, 0.25) is 0 Å². The van der Waals surface area contributed by atoms with E-state index in [1.807, 2.05) is 24.3 Å². The molecule has 0 N–H and O–H groups in total. The summed E-state index contributed by atoms with van der Waals surface area (Å²) in [6, 6.07) is 167. The normalized spacial score (nSPS) is 13.0. The summed E-state index contributed by atoms with van der Waals surface area (Å²) in [6.45, 7) is 14.1. The third-order valence-electron chi connectivity index (χ3n) is 28.0. The van der Waals surface area contributed by atoms with Crippen LogP contribution >= 0.6 is 0 Å². The minimum Gasteiger partial charge on any atom is -0.248 e. The lowest BCUT2D eigenvalue weighted by molar-refractivity contribution is 0.661. The standard InChI is InChI=1S/C48H35N.2C41H30N2/c1-48(2)42-23-12-11-22-41(42)47-43(48)29-36-18-9-10-21-40(36)46(47)38-20-13-19-37(28-38)45-31-39(30-44(49-45)35-16-7-4-8-17-35)34-26-24-33(25-27-34)32-14-5-3-6-15-32;1-41(2)34-23-12-11-22-33(34)39-35(41)25-29-18-9-10-21-32(29)38(39)30-19-13-20-31(24-30)40-42-36(27-14-5-3-6-15-27)26-37(43-40)28-16-7-4-8-17-28;1-41(2)34-20-12-11-19-33(34)39-35(41)25-31-17-9-10-18-32(31)38(39)29-21-23-30(24-22-29)40-42-36(27-13-5-3-6-14-27)26-37(43-40)28-15-7-4-8-16-28/h3-31H,1-2H3;2*3-26H,1-2H3. The second-order valence-corrected chi connectivity index (χ2v) is 37.3. The summed E-state index contributed by atoms with van der Waals surface area (Å²) in [5, 5.41) is 7.61. The number of aromatic nitrogens is 5. The molecule has 25 rings (SSSR count). The lowest BCUT2D eigenvalue weighted by Gasteiger charge is -2.23. The van der Waals surface area contributed by atoms with Crippen LogP contribution in [0.1, 0.15) is 74.9 Å². The Balaban J connectivity index is 0.000000114. The summed E-state index contributed by atoms with van der Waals surface area (Å²) in [6.07, 6.45) is 0. The molecule has 0 radical (unpaired) electrons. The van der Waals surface area contributed by atoms with E-state index in [0.29, 0.717) is 0 Å². The largest absolute Gasteiger partial charge is 0.248 e. The molecule has 5 nitrogen and oxygen atoms in total. The number of rotatable bonds is 13. The van der Waals surface area contributed by atoms with Crippen LogP contribution in [0.15, 0.2) is 467 Å². The molecule has 0 amide bonds. The minimum atomic E-state index is -0.0845. The Kier molecular flexibility index (Phi) is 20.9. The lowest BCUT2D eigenvalue weighted by Crippen LogP contribution is -2.14. The van der Waals surface area contributed by atoms with Crippen LogP contribution in [0.2, 0.25) is 0 Å². The molecule has 0 saturated carbocycles. The quantitative estimate of drug-likeness (QED) is 0.115. The third kappa shape index (κ3) is 15.1. The molecule has 135 heavy (non-hydrogen) atoms. The van der Waals surface area contributed by atoms with Gasteiger partial charge in [0, 0.05) is 60.8 Å². The molecule has 0 bridgehead atoms. The smallest absolute Gasteiger partial charge is 0.160 e. The summed E-state index contributed by atoms with van der Waals surface area (Å²) in [5.41, 5.74) is 42.4. The van der Waals surface area contributed by atoms with Gasteiger partial charge in [-0.05, 0) is 209 Å². The van der Waals surface area contributed by atoms with E-state index in [1.54, 1.807) is 0 Å². The third-order valence-corrected chi connectivity index (χ3v) is 28.0. The van der Waals surface area contributed by atoms with Crippen molar-refractivity contribution < 1.29 is 0 Å². The molecule has 0 spiro atoms. The molecule has 19 aromatic carbocycles. The van der Waals surface area contributed by atoms with E-state index in [9.17, 15) is 0 Å². The first-order chi connectivity index (χ1) is 66.2. The van der Waals surface area contributed by atoms with E-state index in [4.69, 9.17) is 24.9 Å². The molecule has 3 aliphatic rings. The Hall–Kier alpha value is -16.7. The van der Waals surface area contributed by atoms with E-state index in [-0.39, 0.29) is 16.2 Å². The first-order valence-corrected chi connectivity index (χ1v) is 46.7. The van der Waals surface area contributed by atoms with Crippen molar-refractivity contribution in [3.63, 3.8) is 0 Å². The predicted octanol–water partition coefficient (Wildman–Crippen LogP) is 34.1. The second kappa shape index (κ2) is 34.2. The highest BCUT2D eigenvalue weighted by molar-refractivity contribution is 6.12. The van der Waals surface area contributed by atoms with E-state index in [2.05, 4.69) is 484 Å². The molecule has 0 saturated heterocycles. The molecular weight excluding hydrogens is 1630 g/mol. The van der Waals surface area contributed by atoms with Crippen molar-refractivity contribution in [1.82, 2.24) is 24.9 Å². The van der Waals surface area contributed by atoms with Crippen LogP contribution in [0.4, 0.5) is 0 Å². The lowest BCUT2D eigenvalue weighted by atomic mass is 9.80. The van der Waals surface area contributed by atoms with E-state index < -0.39 is 0 Å². The molecule has 3 heterocycles. The highest BCUT2D eigenvalue weighted by atomic mass is 14.9. The van der Waals surface area contributed by atoms with Crippen LogP contribution in [-0.2, 0) is 16.2 Å². The van der Waals surface area contributed by atoms with Gasteiger partial charge in [-0.2, -0.15) is 0 Å². The maximum atomic E-state index is 5.29. The van der Waals surface area contributed by atoms with Crippen molar-refractivity contribution in [3.05, 3.63) is 500 Å². The van der Waals surface area contributed by atoms with Crippen LogP contribution < -0.4 is 0 Å². The van der Waals surface area contributed by atoms with Crippen molar-refractivity contribution in [2.45, 2.75) is 57.8 Å². The highest BCUT2D eigenvalue weighted by Crippen LogP contribution is 2.59. The van der Waals surface area contributed by atoms with Crippen molar-refractivity contribution in [2.24, 2.45) is 0 Å².